The minimum atomic E-state index is -4.03. The first-order chi connectivity index (χ1) is 18.0. The van der Waals surface area contributed by atoms with E-state index in [0.717, 1.165) is 21.0 Å². The number of carbonyl (C=O) groups is 1. The number of hydrazone groups is 1. The Hall–Kier alpha value is -3.63. The Morgan fingerprint density at radius 3 is 2.32 bits per heavy atom. The Bertz CT molecular complexity index is 1430. The molecule has 0 radical (unpaired) electrons. The molecule has 0 spiro atoms. The smallest absolute Gasteiger partial charge is 0.264 e. The van der Waals surface area contributed by atoms with Gasteiger partial charge in [0, 0.05) is 0 Å². The van der Waals surface area contributed by atoms with Crippen molar-refractivity contribution >= 4 is 43.8 Å². The van der Waals surface area contributed by atoms with E-state index in [1.54, 1.807) is 42.5 Å². The highest BCUT2D eigenvalue weighted by Crippen LogP contribution is 2.36. The molecule has 0 fully saturated rings. The van der Waals surface area contributed by atoms with Gasteiger partial charge in [-0.1, -0.05) is 36.4 Å². The number of ether oxygens (including phenoxy) is 2. The average Bonchev–Trinajstić information content (AvgIpc) is 2.86. The molecule has 0 atom stereocenters. The van der Waals surface area contributed by atoms with Crippen LogP contribution in [-0.2, 0) is 14.8 Å². The Balaban J connectivity index is 1.85. The van der Waals surface area contributed by atoms with Gasteiger partial charge in [0.1, 0.15) is 13.2 Å². The highest BCUT2D eigenvalue weighted by atomic mass is 79.9. The number of hydrogen-bond acceptors (Lipinski definition) is 6. The van der Waals surface area contributed by atoms with Gasteiger partial charge in [0.05, 0.1) is 28.4 Å². The molecule has 0 heterocycles. The summed E-state index contributed by atoms with van der Waals surface area (Å²) in [4.78, 5) is 13.0. The standard InChI is InChI=1S/C28H30BrN3O5S/c1-6-11-37-28-25(29)15-22(16-26(28)36-5)17-30-31-27(33)18-32(23-13-20(3)12-21(4)14-23)38(34,35)24-9-7-19(2)8-10-24/h6-10,12-17H,1,11,18H2,2-5H3,(H,31,33)/b30-17-. The fourth-order valence-corrected chi connectivity index (χ4v) is 5.67. The van der Waals surface area contributed by atoms with Crippen LogP contribution in [0.15, 0.2) is 81.7 Å². The number of benzene rings is 3. The molecule has 1 N–H and O–H groups in total. The number of methoxy groups -OCH3 is 1. The molecule has 10 heteroatoms. The zero-order chi connectivity index (χ0) is 27.9. The van der Waals surface area contributed by atoms with Crippen LogP contribution in [0, 0.1) is 20.8 Å². The van der Waals surface area contributed by atoms with Gasteiger partial charge in [-0.05, 0) is 89.8 Å². The van der Waals surface area contributed by atoms with Crippen LogP contribution in [0.3, 0.4) is 0 Å². The summed E-state index contributed by atoms with van der Waals surface area (Å²) in [6.07, 6.45) is 3.05. The van der Waals surface area contributed by atoms with Crippen LogP contribution in [-0.4, -0.2) is 40.8 Å². The van der Waals surface area contributed by atoms with Crippen molar-refractivity contribution in [1.29, 1.82) is 0 Å². The van der Waals surface area contributed by atoms with Crippen LogP contribution in [0.25, 0.3) is 0 Å². The maximum Gasteiger partial charge on any atom is 0.264 e. The number of nitrogens with one attached hydrogen (secondary N) is 1. The summed E-state index contributed by atoms with van der Waals surface area (Å²) in [7, 11) is -2.51. The van der Waals surface area contributed by atoms with E-state index in [9.17, 15) is 13.2 Å². The SMILES string of the molecule is C=CCOc1c(Br)cc(/C=N\NC(=O)CN(c2cc(C)cc(C)c2)S(=O)(=O)c2ccc(C)cc2)cc1OC. The normalized spacial score (nSPS) is 11.3. The summed E-state index contributed by atoms with van der Waals surface area (Å²) in [6.45, 7) is 9.10. The lowest BCUT2D eigenvalue weighted by Gasteiger charge is -2.24. The third kappa shape index (κ3) is 7.23. The molecular formula is C28H30BrN3O5S. The van der Waals surface area contributed by atoms with Crippen molar-refractivity contribution in [2.24, 2.45) is 5.10 Å². The average molecular weight is 601 g/mol. The molecule has 0 saturated carbocycles. The second-order valence-electron chi connectivity index (χ2n) is 8.60. The molecule has 0 aromatic heterocycles. The highest BCUT2D eigenvalue weighted by Gasteiger charge is 2.27. The second kappa shape index (κ2) is 12.7. The molecule has 3 rings (SSSR count). The summed E-state index contributed by atoms with van der Waals surface area (Å²) >= 11 is 3.45. The van der Waals surface area contributed by atoms with Gasteiger partial charge in [-0.2, -0.15) is 5.10 Å². The lowest BCUT2D eigenvalue weighted by molar-refractivity contribution is -0.119. The molecule has 3 aromatic rings. The van der Waals surface area contributed by atoms with E-state index in [1.807, 2.05) is 26.8 Å². The number of amides is 1. The van der Waals surface area contributed by atoms with Crippen molar-refractivity contribution in [2.75, 3.05) is 24.6 Å². The third-order valence-corrected chi connectivity index (χ3v) is 7.77. The number of carbonyl (C=O) groups excluding carboxylic acids is 1. The molecule has 8 nitrogen and oxygen atoms in total. The van der Waals surface area contributed by atoms with Gasteiger partial charge in [-0.25, -0.2) is 13.8 Å². The van der Waals surface area contributed by atoms with Crippen molar-refractivity contribution in [3.05, 3.63) is 94.0 Å². The van der Waals surface area contributed by atoms with Gasteiger partial charge in [-0.3, -0.25) is 9.10 Å². The lowest BCUT2D eigenvalue weighted by Crippen LogP contribution is -2.39. The molecule has 0 aliphatic carbocycles. The molecule has 3 aromatic carbocycles. The largest absolute Gasteiger partial charge is 0.493 e. The van der Waals surface area contributed by atoms with E-state index >= 15 is 0 Å². The molecular weight excluding hydrogens is 570 g/mol. The van der Waals surface area contributed by atoms with Crippen molar-refractivity contribution in [3.63, 3.8) is 0 Å². The van der Waals surface area contributed by atoms with E-state index in [1.165, 1.54) is 25.5 Å². The molecule has 200 valence electrons. The first-order valence-corrected chi connectivity index (χ1v) is 13.9. The van der Waals surface area contributed by atoms with Crippen LogP contribution < -0.4 is 19.2 Å². The fourth-order valence-electron chi connectivity index (χ4n) is 3.69. The maximum atomic E-state index is 13.6. The molecule has 0 unspecified atom stereocenters. The quantitative estimate of drug-likeness (QED) is 0.183. The Morgan fingerprint density at radius 1 is 1.05 bits per heavy atom. The van der Waals surface area contributed by atoms with Crippen LogP contribution in [0.4, 0.5) is 5.69 Å². The van der Waals surface area contributed by atoms with Crippen molar-refractivity contribution in [2.45, 2.75) is 25.7 Å². The zero-order valence-electron chi connectivity index (χ0n) is 21.7. The molecule has 38 heavy (non-hydrogen) atoms. The van der Waals surface area contributed by atoms with Crippen molar-refractivity contribution < 1.29 is 22.7 Å². The van der Waals surface area contributed by atoms with E-state index in [2.05, 4.69) is 33.0 Å². The predicted octanol–water partition coefficient (Wildman–Crippen LogP) is 5.29. The minimum Gasteiger partial charge on any atom is -0.493 e. The van der Waals surface area contributed by atoms with Gasteiger partial charge in [0.2, 0.25) is 0 Å². The number of rotatable bonds is 11. The topological polar surface area (TPSA) is 97.3 Å². The first kappa shape index (κ1) is 28.9. The zero-order valence-corrected chi connectivity index (χ0v) is 24.1. The minimum absolute atomic E-state index is 0.0919. The fraction of sp³-hybridized carbons (Fsp3) is 0.214. The van der Waals surface area contributed by atoms with Crippen LogP contribution >= 0.6 is 15.9 Å². The molecule has 1 amide bonds. The molecule has 0 bridgehead atoms. The third-order valence-electron chi connectivity index (χ3n) is 5.39. The summed E-state index contributed by atoms with van der Waals surface area (Å²) < 4.78 is 39.9. The number of sulfonamides is 1. The summed E-state index contributed by atoms with van der Waals surface area (Å²) in [5.74, 6) is 0.381. The molecule has 0 saturated heterocycles. The monoisotopic (exact) mass is 599 g/mol. The Kier molecular flexibility index (Phi) is 9.71. The van der Waals surface area contributed by atoms with E-state index < -0.39 is 22.5 Å². The van der Waals surface area contributed by atoms with Crippen molar-refractivity contribution in [3.8, 4) is 11.5 Å². The number of halogens is 1. The maximum absolute atomic E-state index is 13.6. The van der Waals surface area contributed by atoms with Crippen LogP contribution in [0.1, 0.15) is 22.3 Å². The Labute approximate surface area is 232 Å². The van der Waals surface area contributed by atoms with Gasteiger partial charge in [0.15, 0.2) is 11.5 Å². The highest BCUT2D eigenvalue weighted by molar-refractivity contribution is 9.10. The van der Waals surface area contributed by atoms with Gasteiger partial charge >= 0.3 is 0 Å². The first-order valence-electron chi connectivity index (χ1n) is 11.7. The molecule has 0 aliphatic heterocycles. The summed E-state index contributed by atoms with van der Waals surface area (Å²) in [6, 6.07) is 15.3. The predicted molar refractivity (Wildman–Crippen MR) is 154 cm³/mol. The van der Waals surface area contributed by atoms with Crippen LogP contribution in [0.2, 0.25) is 0 Å². The number of aryl methyl sites for hydroxylation is 3. The lowest BCUT2D eigenvalue weighted by atomic mass is 10.1. The van der Waals surface area contributed by atoms with E-state index in [-0.39, 0.29) is 4.90 Å². The summed E-state index contributed by atoms with van der Waals surface area (Å²) in [5.41, 5.74) is 6.12. The van der Waals surface area contributed by atoms with Crippen molar-refractivity contribution in [1.82, 2.24) is 5.43 Å². The molecule has 0 aliphatic rings. The van der Waals surface area contributed by atoms with Gasteiger partial charge < -0.3 is 9.47 Å². The van der Waals surface area contributed by atoms with Gasteiger partial charge in [-0.15, -0.1) is 0 Å². The second-order valence-corrected chi connectivity index (χ2v) is 11.3. The summed E-state index contributed by atoms with van der Waals surface area (Å²) in [5, 5.41) is 4.02. The number of anilines is 1. The van der Waals surface area contributed by atoms with E-state index in [0.29, 0.717) is 33.8 Å². The number of nitrogens with zero attached hydrogens (tertiary/aromatic N) is 2. The van der Waals surface area contributed by atoms with E-state index in [4.69, 9.17) is 9.47 Å². The Morgan fingerprint density at radius 2 is 1.71 bits per heavy atom. The van der Waals surface area contributed by atoms with Gasteiger partial charge in [0.25, 0.3) is 15.9 Å². The van der Waals surface area contributed by atoms with Crippen LogP contribution in [0.5, 0.6) is 11.5 Å². The number of hydrogen-bond donors (Lipinski definition) is 1.